The van der Waals surface area contributed by atoms with Crippen molar-refractivity contribution in [3.8, 4) is 5.75 Å². The number of hydrogen-bond acceptors (Lipinski definition) is 4. The molecule has 1 amide bonds. The van der Waals surface area contributed by atoms with Gasteiger partial charge in [-0.3, -0.25) is 0 Å². The summed E-state index contributed by atoms with van der Waals surface area (Å²) in [6, 6.07) is 9.58. The largest absolute Gasteiger partial charge is 0.493 e. The Morgan fingerprint density at radius 2 is 1.93 bits per heavy atom. The summed E-state index contributed by atoms with van der Waals surface area (Å²) in [4.78, 5) is 11.1. The van der Waals surface area contributed by atoms with Crippen LogP contribution >= 0.6 is 0 Å². The van der Waals surface area contributed by atoms with Crippen LogP contribution in [0, 0.1) is 11.6 Å². The standard InChI is InChI=1S/C20H22F2N2O4/c21-13-7-12(8-14(22)10-13)9-17(24-20(26)27)18(25)11-23-16-5-6-28-19-4-2-1-3-15(16)19/h1-4,7-8,10,16-18,23-25H,5-6,9,11H2,(H,26,27)/t16?,17-,18+/m0/s1. The van der Waals surface area contributed by atoms with Gasteiger partial charge in [-0.2, -0.15) is 0 Å². The van der Waals surface area contributed by atoms with Crippen molar-refractivity contribution >= 4 is 6.09 Å². The van der Waals surface area contributed by atoms with Gasteiger partial charge in [-0.1, -0.05) is 18.2 Å². The molecule has 1 heterocycles. The quantitative estimate of drug-likeness (QED) is 0.582. The lowest BCUT2D eigenvalue weighted by Crippen LogP contribution is -2.49. The Kier molecular flexibility index (Phi) is 6.43. The van der Waals surface area contributed by atoms with Gasteiger partial charge in [-0.15, -0.1) is 0 Å². The SMILES string of the molecule is O=C(O)N[C@@H](Cc1cc(F)cc(F)c1)[C@H](O)CNC1CCOc2ccccc21. The van der Waals surface area contributed by atoms with E-state index in [1.807, 2.05) is 24.3 Å². The number of para-hydroxylation sites is 1. The molecule has 1 aliphatic heterocycles. The summed E-state index contributed by atoms with van der Waals surface area (Å²) in [5.74, 6) is -0.734. The van der Waals surface area contributed by atoms with Crippen LogP contribution in [0.15, 0.2) is 42.5 Å². The highest BCUT2D eigenvalue weighted by Crippen LogP contribution is 2.31. The van der Waals surface area contributed by atoms with Crippen LogP contribution < -0.4 is 15.4 Å². The second kappa shape index (κ2) is 8.99. The fraction of sp³-hybridized carbons (Fsp3) is 0.350. The Morgan fingerprint density at radius 1 is 1.21 bits per heavy atom. The van der Waals surface area contributed by atoms with Crippen molar-refractivity contribution in [3.63, 3.8) is 0 Å². The Labute approximate surface area is 161 Å². The fourth-order valence-corrected chi connectivity index (χ4v) is 3.38. The van der Waals surface area contributed by atoms with Crippen molar-refractivity contribution in [2.75, 3.05) is 13.2 Å². The van der Waals surface area contributed by atoms with Gasteiger partial charge in [0.2, 0.25) is 0 Å². The molecule has 0 radical (unpaired) electrons. The lowest BCUT2D eigenvalue weighted by molar-refractivity contribution is 0.112. The van der Waals surface area contributed by atoms with E-state index in [2.05, 4.69) is 10.6 Å². The van der Waals surface area contributed by atoms with Crippen LogP contribution in [0.2, 0.25) is 0 Å². The molecule has 0 saturated heterocycles. The van der Waals surface area contributed by atoms with Crippen LogP contribution in [-0.2, 0) is 6.42 Å². The fourth-order valence-electron chi connectivity index (χ4n) is 3.38. The first-order valence-corrected chi connectivity index (χ1v) is 9.00. The smallest absolute Gasteiger partial charge is 0.404 e. The number of carboxylic acid groups (broad SMARTS) is 1. The van der Waals surface area contributed by atoms with E-state index in [4.69, 9.17) is 9.84 Å². The molecule has 4 N–H and O–H groups in total. The molecular weight excluding hydrogens is 370 g/mol. The number of halogens is 2. The van der Waals surface area contributed by atoms with Gasteiger partial charge in [-0.05, 0) is 30.2 Å². The van der Waals surface area contributed by atoms with E-state index >= 15 is 0 Å². The molecule has 0 spiro atoms. The third-order valence-electron chi connectivity index (χ3n) is 4.68. The average molecular weight is 392 g/mol. The van der Waals surface area contributed by atoms with Crippen molar-refractivity contribution in [1.82, 2.24) is 10.6 Å². The predicted molar refractivity (Wildman–Crippen MR) is 98.3 cm³/mol. The minimum absolute atomic E-state index is 0.0447. The Balaban J connectivity index is 1.66. The van der Waals surface area contributed by atoms with Crippen LogP contribution in [-0.4, -0.2) is 41.6 Å². The molecule has 0 saturated carbocycles. The summed E-state index contributed by atoms with van der Waals surface area (Å²) in [7, 11) is 0. The first-order chi connectivity index (χ1) is 13.4. The number of benzene rings is 2. The molecule has 0 aliphatic carbocycles. The average Bonchev–Trinajstić information content (AvgIpc) is 2.64. The highest BCUT2D eigenvalue weighted by Gasteiger charge is 2.25. The van der Waals surface area contributed by atoms with E-state index in [9.17, 15) is 18.7 Å². The zero-order valence-electron chi connectivity index (χ0n) is 15.1. The number of ether oxygens (including phenoxy) is 1. The molecule has 150 valence electrons. The number of aliphatic hydroxyl groups excluding tert-OH is 1. The van der Waals surface area contributed by atoms with Crippen molar-refractivity contribution < 1.29 is 28.5 Å². The normalized spacial score (nSPS) is 17.9. The van der Waals surface area contributed by atoms with Crippen LogP contribution in [0.3, 0.4) is 0 Å². The van der Waals surface area contributed by atoms with Crippen LogP contribution in [0.25, 0.3) is 0 Å². The summed E-state index contributed by atoms with van der Waals surface area (Å²) < 4.78 is 32.4. The van der Waals surface area contributed by atoms with E-state index in [1.165, 1.54) is 0 Å². The summed E-state index contributed by atoms with van der Waals surface area (Å²) in [5.41, 5.74) is 1.22. The van der Waals surface area contributed by atoms with E-state index < -0.39 is 29.9 Å². The van der Waals surface area contributed by atoms with Gasteiger partial charge in [0.15, 0.2) is 0 Å². The number of carbonyl (C=O) groups is 1. The number of rotatable bonds is 7. The van der Waals surface area contributed by atoms with Crippen LogP contribution in [0.4, 0.5) is 13.6 Å². The molecule has 28 heavy (non-hydrogen) atoms. The van der Waals surface area contributed by atoms with Crippen LogP contribution in [0.5, 0.6) is 5.75 Å². The minimum atomic E-state index is -1.32. The molecule has 0 bridgehead atoms. The third kappa shape index (κ3) is 5.17. The molecule has 6 nitrogen and oxygen atoms in total. The molecular formula is C20H22F2N2O4. The zero-order chi connectivity index (χ0) is 20.1. The number of hydrogen-bond donors (Lipinski definition) is 4. The Hall–Kier alpha value is -2.71. The summed E-state index contributed by atoms with van der Waals surface area (Å²) in [6.45, 7) is 0.631. The first kappa shape index (κ1) is 20.0. The van der Waals surface area contributed by atoms with Gasteiger partial charge in [0, 0.05) is 30.6 Å². The minimum Gasteiger partial charge on any atom is -0.493 e. The highest BCUT2D eigenvalue weighted by atomic mass is 19.1. The van der Waals surface area contributed by atoms with Gasteiger partial charge in [-0.25, -0.2) is 13.6 Å². The molecule has 1 unspecified atom stereocenters. The summed E-state index contributed by atoms with van der Waals surface area (Å²) in [5, 5.41) is 25.0. The number of amides is 1. The zero-order valence-corrected chi connectivity index (χ0v) is 15.1. The second-order valence-electron chi connectivity index (χ2n) is 6.74. The Morgan fingerprint density at radius 3 is 2.64 bits per heavy atom. The molecule has 8 heteroatoms. The van der Waals surface area contributed by atoms with Gasteiger partial charge in [0.25, 0.3) is 0 Å². The maximum Gasteiger partial charge on any atom is 0.404 e. The van der Waals surface area contributed by atoms with E-state index in [0.29, 0.717) is 13.0 Å². The first-order valence-electron chi connectivity index (χ1n) is 9.00. The number of nitrogens with one attached hydrogen (secondary N) is 2. The van der Waals surface area contributed by atoms with Crippen molar-refractivity contribution in [3.05, 3.63) is 65.2 Å². The maximum absolute atomic E-state index is 13.4. The second-order valence-corrected chi connectivity index (χ2v) is 6.74. The molecule has 1 aliphatic rings. The monoisotopic (exact) mass is 392 g/mol. The highest BCUT2D eigenvalue weighted by molar-refractivity contribution is 5.65. The van der Waals surface area contributed by atoms with E-state index in [-0.39, 0.29) is 24.6 Å². The van der Waals surface area contributed by atoms with Crippen molar-refractivity contribution in [2.45, 2.75) is 31.0 Å². The predicted octanol–water partition coefficient (Wildman–Crippen LogP) is 2.62. The third-order valence-corrected chi connectivity index (χ3v) is 4.68. The molecule has 2 aromatic rings. The summed E-state index contributed by atoms with van der Waals surface area (Å²) in [6.07, 6.45) is -1.76. The van der Waals surface area contributed by atoms with Crippen molar-refractivity contribution in [2.24, 2.45) is 0 Å². The van der Waals surface area contributed by atoms with Crippen molar-refractivity contribution in [1.29, 1.82) is 0 Å². The molecule has 3 rings (SSSR count). The number of fused-ring (bicyclic) bond motifs is 1. The van der Waals surface area contributed by atoms with Gasteiger partial charge in [0.05, 0.1) is 18.8 Å². The topological polar surface area (TPSA) is 90.8 Å². The molecule has 0 aromatic heterocycles. The Bertz CT molecular complexity index is 813. The molecule has 2 aromatic carbocycles. The lowest BCUT2D eigenvalue weighted by atomic mass is 9.98. The van der Waals surface area contributed by atoms with Gasteiger partial charge < -0.3 is 25.6 Å². The number of aliphatic hydroxyl groups is 1. The van der Waals surface area contributed by atoms with Gasteiger partial charge >= 0.3 is 6.09 Å². The molecule has 3 atom stereocenters. The van der Waals surface area contributed by atoms with E-state index in [1.54, 1.807) is 0 Å². The summed E-state index contributed by atoms with van der Waals surface area (Å²) >= 11 is 0. The van der Waals surface area contributed by atoms with Gasteiger partial charge in [0.1, 0.15) is 17.4 Å². The molecule has 0 fully saturated rings. The van der Waals surface area contributed by atoms with E-state index in [0.717, 1.165) is 29.5 Å². The lowest BCUT2D eigenvalue weighted by Gasteiger charge is -2.29. The maximum atomic E-state index is 13.4. The van der Waals surface area contributed by atoms with Crippen LogP contribution in [0.1, 0.15) is 23.6 Å².